The second-order valence-electron chi connectivity index (χ2n) is 9.11. The molecule has 4 aromatic rings. The first-order valence-electron chi connectivity index (χ1n) is 12.7. The fourth-order valence-corrected chi connectivity index (χ4v) is 4.93. The van der Waals surface area contributed by atoms with Gasteiger partial charge in [0.05, 0.1) is 5.56 Å². The summed E-state index contributed by atoms with van der Waals surface area (Å²) < 4.78 is 38.6. The van der Waals surface area contributed by atoms with Crippen LogP contribution in [0.5, 0.6) is 0 Å². The SMILES string of the molecule is CCCNC(=O)NCCc1cc(C(=O)c2ccccc2)cc2ccc(SC(=O)c3ccc(C(F)(F)F)cc3)cc12. The van der Waals surface area contributed by atoms with Gasteiger partial charge in [-0.25, -0.2) is 4.79 Å². The van der Waals surface area contributed by atoms with Gasteiger partial charge in [0.25, 0.3) is 0 Å². The van der Waals surface area contributed by atoms with Crippen LogP contribution in [0, 0.1) is 0 Å². The Bertz CT molecular complexity index is 1520. The van der Waals surface area contributed by atoms with Crippen LogP contribution >= 0.6 is 11.8 Å². The molecule has 0 spiro atoms. The molecule has 0 aliphatic heterocycles. The molecule has 0 radical (unpaired) electrons. The molecule has 0 bridgehead atoms. The second-order valence-corrected chi connectivity index (χ2v) is 10.2. The van der Waals surface area contributed by atoms with Gasteiger partial charge in [-0.05, 0) is 89.5 Å². The third-order valence-corrected chi connectivity index (χ3v) is 7.09. The molecule has 5 nitrogen and oxygen atoms in total. The molecule has 4 aromatic carbocycles. The van der Waals surface area contributed by atoms with E-state index in [0.717, 1.165) is 46.7 Å². The molecule has 0 fully saturated rings. The smallest absolute Gasteiger partial charge is 0.338 e. The van der Waals surface area contributed by atoms with Crippen LogP contribution in [-0.4, -0.2) is 30.0 Å². The summed E-state index contributed by atoms with van der Waals surface area (Å²) in [6, 6.07) is 21.7. The number of ketones is 1. The third-order valence-electron chi connectivity index (χ3n) is 6.18. The predicted octanol–water partition coefficient (Wildman–Crippen LogP) is 7.27. The Morgan fingerprint density at radius 3 is 2.15 bits per heavy atom. The topological polar surface area (TPSA) is 75.3 Å². The van der Waals surface area contributed by atoms with E-state index in [4.69, 9.17) is 0 Å². The minimum Gasteiger partial charge on any atom is -0.338 e. The molecule has 4 rings (SSSR count). The Hall–Kier alpha value is -4.11. The lowest BCUT2D eigenvalue weighted by Crippen LogP contribution is -2.36. The molecule has 0 aliphatic rings. The summed E-state index contributed by atoms with van der Waals surface area (Å²) >= 11 is 0.912. The fourth-order valence-electron chi connectivity index (χ4n) is 4.14. The number of hydrogen-bond acceptors (Lipinski definition) is 4. The van der Waals surface area contributed by atoms with Crippen molar-refractivity contribution >= 4 is 39.5 Å². The highest BCUT2D eigenvalue weighted by Gasteiger charge is 2.30. The van der Waals surface area contributed by atoms with E-state index in [1.165, 1.54) is 12.1 Å². The van der Waals surface area contributed by atoms with E-state index in [9.17, 15) is 27.6 Å². The lowest BCUT2D eigenvalue weighted by molar-refractivity contribution is -0.137. The third kappa shape index (κ3) is 7.30. The number of carbonyl (C=O) groups is 3. The van der Waals surface area contributed by atoms with Crippen molar-refractivity contribution in [1.29, 1.82) is 0 Å². The molecule has 0 aromatic heterocycles. The highest BCUT2D eigenvalue weighted by molar-refractivity contribution is 8.14. The van der Waals surface area contributed by atoms with Crippen LogP contribution in [0.1, 0.15) is 50.8 Å². The minimum atomic E-state index is -4.48. The molecule has 0 saturated heterocycles. The van der Waals surface area contributed by atoms with Crippen LogP contribution in [-0.2, 0) is 12.6 Å². The Labute approximate surface area is 234 Å². The van der Waals surface area contributed by atoms with Crippen LogP contribution in [0.3, 0.4) is 0 Å². The van der Waals surface area contributed by atoms with Crippen molar-refractivity contribution in [3.63, 3.8) is 0 Å². The van der Waals surface area contributed by atoms with Crippen LogP contribution < -0.4 is 10.6 Å². The van der Waals surface area contributed by atoms with E-state index in [1.54, 1.807) is 42.5 Å². The molecule has 0 heterocycles. The summed E-state index contributed by atoms with van der Waals surface area (Å²) in [4.78, 5) is 38.6. The molecular weight excluding hydrogens is 537 g/mol. The number of rotatable bonds is 9. The molecule has 206 valence electrons. The average molecular weight is 565 g/mol. The highest BCUT2D eigenvalue weighted by atomic mass is 32.2. The maximum atomic E-state index is 13.2. The summed E-state index contributed by atoms with van der Waals surface area (Å²) in [5, 5.41) is 6.79. The Morgan fingerprint density at radius 1 is 0.775 bits per heavy atom. The number of alkyl halides is 3. The van der Waals surface area contributed by atoms with E-state index in [-0.39, 0.29) is 22.5 Å². The summed E-state index contributed by atoms with van der Waals surface area (Å²) in [6.07, 6.45) is -3.23. The van der Waals surface area contributed by atoms with E-state index < -0.39 is 11.7 Å². The quantitative estimate of drug-likeness (QED) is 0.166. The van der Waals surface area contributed by atoms with Crippen LogP contribution in [0.4, 0.5) is 18.0 Å². The number of amides is 2. The number of hydrogen-bond donors (Lipinski definition) is 2. The number of thioether (sulfide) groups is 1. The largest absolute Gasteiger partial charge is 0.416 e. The molecule has 0 atom stereocenters. The lowest BCUT2D eigenvalue weighted by Gasteiger charge is -2.13. The van der Waals surface area contributed by atoms with Gasteiger partial charge >= 0.3 is 12.2 Å². The molecular formula is C31H27F3N2O3S. The van der Waals surface area contributed by atoms with Crippen LogP contribution in [0.15, 0.2) is 89.8 Å². The van der Waals surface area contributed by atoms with E-state index in [2.05, 4.69) is 10.6 Å². The first-order valence-corrected chi connectivity index (χ1v) is 13.5. The first kappa shape index (κ1) is 28.9. The van der Waals surface area contributed by atoms with Gasteiger partial charge in [0.2, 0.25) is 5.12 Å². The lowest BCUT2D eigenvalue weighted by atomic mass is 9.95. The van der Waals surface area contributed by atoms with Gasteiger partial charge in [-0.1, -0.05) is 43.3 Å². The van der Waals surface area contributed by atoms with Crippen molar-refractivity contribution in [2.24, 2.45) is 0 Å². The first-order chi connectivity index (χ1) is 19.2. The Morgan fingerprint density at radius 2 is 1.48 bits per heavy atom. The summed E-state index contributed by atoms with van der Waals surface area (Å²) in [5.41, 5.74) is 1.22. The van der Waals surface area contributed by atoms with Crippen molar-refractivity contribution in [2.45, 2.75) is 30.8 Å². The van der Waals surface area contributed by atoms with Gasteiger partial charge in [0.15, 0.2) is 5.78 Å². The van der Waals surface area contributed by atoms with Gasteiger partial charge < -0.3 is 10.6 Å². The van der Waals surface area contributed by atoms with E-state index >= 15 is 0 Å². The van der Waals surface area contributed by atoms with Crippen molar-refractivity contribution in [2.75, 3.05) is 13.1 Å². The molecule has 40 heavy (non-hydrogen) atoms. The van der Waals surface area contributed by atoms with E-state index in [1.807, 2.05) is 25.1 Å². The molecule has 0 aliphatic carbocycles. The molecule has 2 amide bonds. The van der Waals surface area contributed by atoms with Gasteiger partial charge in [0, 0.05) is 34.7 Å². The second kappa shape index (κ2) is 12.8. The zero-order valence-corrected chi connectivity index (χ0v) is 22.5. The highest BCUT2D eigenvalue weighted by Crippen LogP contribution is 2.32. The number of benzene rings is 4. The fraction of sp³-hybridized carbons (Fsp3) is 0.194. The Balaban J connectivity index is 1.61. The molecule has 9 heteroatoms. The number of nitrogens with one attached hydrogen (secondary N) is 2. The Kier molecular flexibility index (Phi) is 9.26. The summed E-state index contributed by atoms with van der Waals surface area (Å²) in [5.74, 6) is -0.131. The maximum absolute atomic E-state index is 13.2. The average Bonchev–Trinajstić information content (AvgIpc) is 2.95. The molecule has 0 saturated carbocycles. The van der Waals surface area contributed by atoms with Crippen LogP contribution in [0.25, 0.3) is 10.8 Å². The standard InChI is InChI=1S/C31H27F3N2O3S/c1-2-15-35-30(39)36-16-14-23-18-24(28(37)20-6-4-3-5-7-20)17-22-10-13-26(19-27(22)23)40-29(38)21-8-11-25(12-9-21)31(32,33)34/h3-13,17-19H,2,14-16H2,1H3,(H2,35,36,39). The van der Waals surface area contributed by atoms with Crippen molar-refractivity contribution in [3.05, 3.63) is 113 Å². The number of fused-ring (bicyclic) bond motifs is 1. The summed E-state index contributed by atoms with van der Waals surface area (Å²) in [6.45, 7) is 2.85. The van der Waals surface area contributed by atoms with E-state index in [0.29, 0.717) is 35.5 Å². The maximum Gasteiger partial charge on any atom is 0.416 e. The number of urea groups is 1. The van der Waals surface area contributed by atoms with Crippen molar-refractivity contribution in [1.82, 2.24) is 10.6 Å². The van der Waals surface area contributed by atoms with Crippen molar-refractivity contribution < 1.29 is 27.6 Å². The normalized spacial score (nSPS) is 11.3. The van der Waals surface area contributed by atoms with Gasteiger partial charge in [-0.3, -0.25) is 9.59 Å². The zero-order valence-electron chi connectivity index (χ0n) is 21.7. The molecule has 0 unspecified atom stereocenters. The number of carbonyl (C=O) groups excluding carboxylic acids is 3. The monoisotopic (exact) mass is 564 g/mol. The molecule has 2 N–H and O–H groups in total. The van der Waals surface area contributed by atoms with Gasteiger partial charge in [-0.15, -0.1) is 0 Å². The summed E-state index contributed by atoms with van der Waals surface area (Å²) in [7, 11) is 0. The van der Waals surface area contributed by atoms with Crippen LogP contribution in [0.2, 0.25) is 0 Å². The van der Waals surface area contributed by atoms with Gasteiger partial charge in [0.1, 0.15) is 0 Å². The predicted molar refractivity (Wildman–Crippen MR) is 151 cm³/mol. The van der Waals surface area contributed by atoms with Gasteiger partial charge in [-0.2, -0.15) is 13.2 Å². The number of halogens is 3. The zero-order chi connectivity index (χ0) is 28.7. The minimum absolute atomic E-state index is 0.131. The van der Waals surface area contributed by atoms with Crippen molar-refractivity contribution in [3.8, 4) is 0 Å².